The number of carbonyl (C=O) groups excluding carboxylic acids is 1. The van der Waals surface area contributed by atoms with Gasteiger partial charge in [0.25, 0.3) is 0 Å². The quantitative estimate of drug-likeness (QED) is 0.693. The van der Waals surface area contributed by atoms with Gasteiger partial charge in [-0.15, -0.1) is 0 Å². The molecular formula is C10H18N2O2. The number of ether oxygens (including phenoxy) is 1. The lowest BCUT2D eigenvalue weighted by Gasteiger charge is -2.17. The number of nitrogens with two attached hydrogens (primary N) is 1. The van der Waals surface area contributed by atoms with E-state index < -0.39 is 0 Å². The van der Waals surface area contributed by atoms with Gasteiger partial charge in [-0.2, -0.15) is 0 Å². The van der Waals surface area contributed by atoms with Crippen LogP contribution in [0.5, 0.6) is 0 Å². The van der Waals surface area contributed by atoms with Crippen molar-refractivity contribution >= 4 is 5.91 Å². The zero-order valence-corrected chi connectivity index (χ0v) is 8.45. The van der Waals surface area contributed by atoms with Gasteiger partial charge in [0.05, 0.1) is 0 Å². The Kier molecular flexibility index (Phi) is 3.03. The third-order valence-corrected chi connectivity index (χ3v) is 3.08. The van der Waals surface area contributed by atoms with Crippen molar-refractivity contribution in [1.82, 2.24) is 4.90 Å². The Hall–Kier alpha value is -0.610. The Morgan fingerprint density at radius 2 is 2.43 bits per heavy atom. The molecule has 0 bridgehead atoms. The monoisotopic (exact) mass is 198 g/mol. The number of hydrogen-bond acceptors (Lipinski definition) is 3. The summed E-state index contributed by atoms with van der Waals surface area (Å²) < 4.78 is 5.29. The summed E-state index contributed by atoms with van der Waals surface area (Å²) >= 11 is 0. The number of likely N-dealkylation sites (tertiary alicyclic amines) is 1. The molecule has 1 amide bonds. The van der Waals surface area contributed by atoms with E-state index in [0.29, 0.717) is 12.3 Å². The van der Waals surface area contributed by atoms with Gasteiger partial charge in [-0.3, -0.25) is 4.79 Å². The Bertz CT molecular complexity index is 214. The zero-order valence-electron chi connectivity index (χ0n) is 8.45. The van der Waals surface area contributed by atoms with Crippen LogP contribution in [-0.2, 0) is 9.53 Å². The molecular weight excluding hydrogens is 180 g/mol. The minimum absolute atomic E-state index is 0.0577. The molecule has 2 saturated heterocycles. The highest BCUT2D eigenvalue weighted by molar-refractivity contribution is 5.79. The molecule has 2 heterocycles. The minimum atomic E-state index is 0.0577. The molecule has 0 aromatic rings. The molecule has 0 aromatic carbocycles. The van der Waals surface area contributed by atoms with E-state index in [0.717, 1.165) is 39.1 Å². The molecule has 0 spiro atoms. The molecule has 0 aliphatic carbocycles. The van der Waals surface area contributed by atoms with E-state index in [9.17, 15) is 4.79 Å². The van der Waals surface area contributed by atoms with Gasteiger partial charge in [0.1, 0.15) is 0 Å². The van der Waals surface area contributed by atoms with Crippen molar-refractivity contribution in [2.75, 3.05) is 26.3 Å². The molecule has 2 fully saturated rings. The predicted molar refractivity (Wildman–Crippen MR) is 52.7 cm³/mol. The molecule has 2 rings (SSSR count). The highest BCUT2D eigenvalue weighted by Gasteiger charge is 2.27. The van der Waals surface area contributed by atoms with Crippen molar-refractivity contribution in [3.05, 3.63) is 0 Å². The first-order valence-electron chi connectivity index (χ1n) is 5.37. The maximum absolute atomic E-state index is 11.4. The topological polar surface area (TPSA) is 55.6 Å². The zero-order chi connectivity index (χ0) is 9.97. The molecule has 80 valence electrons. The van der Waals surface area contributed by atoms with E-state index in [2.05, 4.69) is 0 Å². The highest BCUT2D eigenvalue weighted by Crippen LogP contribution is 2.18. The number of rotatable bonds is 3. The first-order valence-corrected chi connectivity index (χ1v) is 5.37. The van der Waals surface area contributed by atoms with E-state index in [1.165, 1.54) is 0 Å². The van der Waals surface area contributed by atoms with Gasteiger partial charge < -0.3 is 15.4 Å². The van der Waals surface area contributed by atoms with Crippen molar-refractivity contribution in [2.24, 2.45) is 11.7 Å². The average molecular weight is 198 g/mol. The Labute approximate surface area is 84.4 Å². The molecule has 2 N–H and O–H groups in total. The smallest absolute Gasteiger partial charge is 0.224 e. The van der Waals surface area contributed by atoms with E-state index in [4.69, 9.17) is 10.5 Å². The van der Waals surface area contributed by atoms with Crippen molar-refractivity contribution < 1.29 is 9.53 Å². The third kappa shape index (κ3) is 2.25. The number of hydrogen-bond donors (Lipinski definition) is 1. The van der Waals surface area contributed by atoms with Crippen LogP contribution in [0.25, 0.3) is 0 Å². The first-order chi connectivity index (χ1) is 6.75. The van der Waals surface area contributed by atoms with Crippen LogP contribution in [0.2, 0.25) is 0 Å². The molecule has 2 aliphatic heterocycles. The van der Waals surface area contributed by atoms with Gasteiger partial charge in [0, 0.05) is 38.8 Å². The Balaban J connectivity index is 1.72. The van der Waals surface area contributed by atoms with E-state index in [1.807, 2.05) is 4.90 Å². The fraction of sp³-hybridized carbons (Fsp3) is 0.900. The van der Waals surface area contributed by atoms with Gasteiger partial charge in [-0.05, 0) is 18.8 Å². The number of amides is 1. The standard InChI is InChI=1S/C10H18N2O2/c11-9-5-10(13)12(6-9)3-1-8-2-4-14-7-8/h8-9H,1-7,11H2. The summed E-state index contributed by atoms with van der Waals surface area (Å²) in [6, 6.07) is 0.0577. The van der Waals surface area contributed by atoms with Crippen molar-refractivity contribution in [3.63, 3.8) is 0 Å². The summed E-state index contributed by atoms with van der Waals surface area (Å²) in [5, 5.41) is 0. The van der Waals surface area contributed by atoms with Crippen LogP contribution in [0, 0.1) is 5.92 Å². The minimum Gasteiger partial charge on any atom is -0.381 e. The Morgan fingerprint density at radius 1 is 1.57 bits per heavy atom. The lowest BCUT2D eigenvalue weighted by molar-refractivity contribution is -0.127. The van der Waals surface area contributed by atoms with Crippen LogP contribution in [-0.4, -0.2) is 43.2 Å². The summed E-state index contributed by atoms with van der Waals surface area (Å²) in [6.07, 6.45) is 2.74. The van der Waals surface area contributed by atoms with Crippen molar-refractivity contribution in [3.8, 4) is 0 Å². The van der Waals surface area contributed by atoms with Gasteiger partial charge >= 0.3 is 0 Å². The summed E-state index contributed by atoms with van der Waals surface area (Å²) in [5.41, 5.74) is 5.71. The molecule has 4 heteroatoms. The van der Waals surface area contributed by atoms with Gasteiger partial charge in [-0.1, -0.05) is 0 Å². The Morgan fingerprint density at radius 3 is 3.00 bits per heavy atom. The number of nitrogens with zero attached hydrogens (tertiary/aromatic N) is 1. The molecule has 2 aliphatic rings. The van der Waals surface area contributed by atoms with Crippen LogP contribution < -0.4 is 5.73 Å². The molecule has 0 radical (unpaired) electrons. The number of carbonyl (C=O) groups is 1. The highest BCUT2D eigenvalue weighted by atomic mass is 16.5. The van der Waals surface area contributed by atoms with Crippen LogP contribution in [0.3, 0.4) is 0 Å². The van der Waals surface area contributed by atoms with Crippen LogP contribution >= 0.6 is 0 Å². The lowest BCUT2D eigenvalue weighted by atomic mass is 10.1. The summed E-state index contributed by atoms with van der Waals surface area (Å²) in [6.45, 7) is 3.36. The van der Waals surface area contributed by atoms with Gasteiger partial charge in [0.15, 0.2) is 0 Å². The van der Waals surface area contributed by atoms with E-state index in [1.54, 1.807) is 0 Å². The summed E-state index contributed by atoms with van der Waals surface area (Å²) in [5.74, 6) is 0.871. The van der Waals surface area contributed by atoms with Gasteiger partial charge in [-0.25, -0.2) is 0 Å². The second kappa shape index (κ2) is 4.28. The molecule has 2 unspecified atom stereocenters. The summed E-state index contributed by atoms with van der Waals surface area (Å²) in [4.78, 5) is 13.3. The predicted octanol–water partition coefficient (Wildman–Crippen LogP) is -0.0274. The molecule has 4 nitrogen and oxygen atoms in total. The van der Waals surface area contributed by atoms with Gasteiger partial charge in [0.2, 0.25) is 5.91 Å². The van der Waals surface area contributed by atoms with Crippen molar-refractivity contribution in [1.29, 1.82) is 0 Å². The molecule has 2 atom stereocenters. The largest absolute Gasteiger partial charge is 0.381 e. The molecule has 0 aromatic heterocycles. The fourth-order valence-corrected chi connectivity index (χ4v) is 2.17. The fourth-order valence-electron chi connectivity index (χ4n) is 2.17. The van der Waals surface area contributed by atoms with E-state index >= 15 is 0 Å². The van der Waals surface area contributed by atoms with Crippen LogP contribution in [0.4, 0.5) is 0 Å². The summed E-state index contributed by atoms with van der Waals surface area (Å²) in [7, 11) is 0. The normalized spacial score (nSPS) is 32.9. The van der Waals surface area contributed by atoms with Crippen molar-refractivity contribution in [2.45, 2.75) is 25.3 Å². The third-order valence-electron chi connectivity index (χ3n) is 3.08. The maximum atomic E-state index is 11.4. The maximum Gasteiger partial charge on any atom is 0.224 e. The van der Waals surface area contributed by atoms with Crippen LogP contribution in [0.1, 0.15) is 19.3 Å². The lowest BCUT2D eigenvalue weighted by Crippen LogP contribution is -2.30. The van der Waals surface area contributed by atoms with Crippen LogP contribution in [0.15, 0.2) is 0 Å². The molecule has 0 saturated carbocycles. The second-order valence-electron chi connectivity index (χ2n) is 4.32. The first kappa shape index (κ1) is 9.93. The second-order valence-corrected chi connectivity index (χ2v) is 4.32. The van der Waals surface area contributed by atoms with E-state index in [-0.39, 0.29) is 11.9 Å². The average Bonchev–Trinajstić information content (AvgIpc) is 2.72. The SMILES string of the molecule is NC1CC(=O)N(CCC2CCOC2)C1. The molecule has 14 heavy (non-hydrogen) atoms.